The van der Waals surface area contributed by atoms with Crippen LogP contribution in [0.4, 0.5) is 79.0 Å². The van der Waals surface area contributed by atoms with Crippen LogP contribution >= 0.6 is 15.2 Å². The monoisotopic (exact) mass is 1190 g/mol. The maximum Gasteiger partial charge on any atom is 0.516 e. The summed E-state index contributed by atoms with van der Waals surface area (Å²) in [5, 5.41) is 0. The average Bonchev–Trinajstić information content (AvgIpc) is 3.24. The Labute approximate surface area is 448 Å². The van der Waals surface area contributed by atoms with Crippen molar-refractivity contribution in [3.8, 4) is 0 Å². The molecule has 0 aromatic heterocycles. The van der Waals surface area contributed by atoms with E-state index < -0.39 is 88.5 Å². The quantitative estimate of drug-likeness (QED) is 0.0325. The second kappa shape index (κ2) is 43.0. The summed E-state index contributed by atoms with van der Waals surface area (Å²) in [6.45, 7) is 9.41. The normalized spacial score (nSPS) is 13.7. The predicted octanol–water partition coefficient (Wildman–Crippen LogP) is 18.0. The minimum atomic E-state index is -6.62. The zero-order valence-electron chi connectivity index (χ0n) is 44.9. The molecule has 0 aromatic carbocycles. The molecule has 1 atom stereocenters. The molecule has 0 nitrogen and oxygen atoms in total. The van der Waals surface area contributed by atoms with E-state index in [1.165, 1.54) is 128 Å². The van der Waals surface area contributed by atoms with E-state index in [0.29, 0.717) is 12.8 Å². The Morgan fingerprint density at radius 1 is 0.297 bits per heavy atom. The molecule has 1 unspecified atom stereocenters. The van der Waals surface area contributed by atoms with E-state index in [2.05, 4.69) is 27.7 Å². The van der Waals surface area contributed by atoms with Crippen LogP contribution in [0.2, 0.25) is 0 Å². The van der Waals surface area contributed by atoms with E-state index in [0.717, 1.165) is 0 Å². The first-order chi connectivity index (χ1) is 33.5. The lowest BCUT2D eigenvalue weighted by Gasteiger charge is -2.38. The smallest absolute Gasteiger partial charge is 0.516 e. The topological polar surface area (TPSA) is 0 Å². The number of hydrogen-bond donors (Lipinski definition) is 0. The number of alkyl halides is 18. The van der Waals surface area contributed by atoms with Crippen LogP contribution in [0.3, 0.4) is 0 Å². The highest BCUT2D eigenvalue weighted by atomic mass is 35.5. The van der Waals surface area contributed by atoms with Crippen LogP contribution in [-0.4, -0.2) is 66.8 Å². The van der Waals surface area contributed by atoms with Crippen molar-refractivity contribution in [3.05, 3.63) is 0 Å². The highest BCUT2D eigenvalue weighted by Gasteiger charge is 2.82. The molecule has 0 heterocycles. The van der Waals surface area contributed by atoms with Crippen molar-refractivity contribution in [2.45, 2.75) is 301 Å². The number of unbranched alkanes of at least 4 members (excludes halogenated alkanes) is 29. The lowest BCUT2D eigenvalue weighted by atomic mass is 9.80. The minimum Gasteiger partial charge on any atom is -1.00 e. The Kier molecular flexibility index (Phi) is 46.9. The molecule has 0 bridgehead atoms. The fourth-order valence-electron chi connectivity index (χ4n) is 9.67. The molecule has 452 valence electrons. The van der Waals surface area contributed by atoms with Crippen LogP contribution in [0.1, 0.15) is 259 Å². The average molecular weight is 1190 g/mol. The number of halogens is 20. The van der Waals surface area contributed by atoms with Crippen LogP contribution in [0.5, 0.6) is 0 Å². The summed E-state index contributed by atoms with van der Waals surface area (Å²) in [5.41, 5.74) is -9.44. The third-order valence-corrected chi connectivity index (χ3v) is 21.6. The Morgan fingerprint density at radius 2 is 0.514 bits per heavy atom. The lowest BCUT2D eigenvalue weighted by molar-refractivity contribution is -0.429. The molecule has 0 N–H and O–H groups in total. The minimum absolute atomic E-state index is 0. The Balaban J connectivity index is -0.000000653. The molecule has 0 spiro atoms. The molecule has 0 saturated heterocycles. The molecule has 0 aliphatic carbocycles. The van der Waals surface area contributed by atoms with E-state index in [4.69, 9.17) is 0 Å². The third kappa shape index (κ3) is 35.7. The standard InChI is InChI=1S/C32H68P.C20H25F18P.2ClH/c1-5-9-13-17-18-19-20-21-22-23-24-28-32-33(29-25-14-10-6-2,30-26-15-11-7-3)31-27-16-12-8-4;21-15(22,23)13(39(19(33,34)35)20(36,37)38)11-9-7-5-3-1-2-4-6-8-10-12-14(16(24,25)26,17(27,28)29)18(30,31)32;;/h5-32H2,1-4H3;13H,1-12H2;2*1H/q+1;;;/p-1. The number of rotatable bonds is 42. The van der Waals surface area contributed by atoms with Gasteiger partial charge in [0.15, 0.2) is 5.66 Å². The van der Waals surface area contributed by atoms with Crippen molar-refractivity contribution in [2.24, 2.45) is 5.41 Å². The first-order valence-electron chi connectivity index (χ1n) is 27.6. The summed E-state index contributed by atoms with van der Waals surface area (Å²) in [5.74, 6) is -12.1. The molecule has 0 aromatic rings. The van der Waals surface area contributed by atoms with Gasteiger partial charge in [0.05, 0.1) is 24.6 Å². The third-order valence-electron chi connectivity index (χ3n) is 14.0. The van der Waals surface area contributed by atoms with Crippen molar-refractivity contribution in [3.63, 3.8) is 0 Å². The predicted molar refractivity (Wildman–Crippen MR) is 266 cm³/mol. The highest BCUT2D eigenvalue weighted by molar-refractivity contribution is 7.75. The molecule has 74 heavy (non-hydrogen) atoms. The maximum atomic E-state index is 12.9. The van der Waals surface area contributed by atoms with Crippen LogP contribution < -0.4 is 24.8 Å². The van der Waals surface area contributed by atoms with Crippen LogP contribution in [-0.2, 0) is 0 Å². The lowest BCUT2D eigenvalue weighted by Crippen LogP contribution is -3.00. The van der Waals surface area contributed by atoms with Gasteiger partial charge in [0.25, 0.3) is 5.41 Å². The van der Waals surface area contributed by atoms with E-state index in [9.17, 15) is 79.0 Å². The largest absolute Gasteiger partial charge is 1.00 e. The van der Waals surface area contributed by atoms with Gasteiger partial charge in [-0.2, -0.15) is 52.7 Å². The molecule has 22 heteroatoms. The first-order valence-corrected chi connectivity index (χ1v) is 31.7. The van der Waals surface area contributed by atoms with E-state index in [-0.39, 0.29) is 63.3 Å². The van der Waals surface area contributed by atoms with Crippen molar-refractivity contribution in [1.82, 2.24) is 0 Å². The van der Waals surface area contributed by atoms with Gasteiger partial charge in [0.2, 0.25) is 7.92 Å². The number of hydrogen-bond acceptors (Lipinski definition) is 0. The van der Waals surface area contributed by atoms with Gasteiger partial charge in [-0.1, -0.05) is 188 Å². The second-order valence-corrected chi connectivity index (χ2v) is 27.4. The van der Waals surface area contributed by atoms with Crippen LogP contribution in [0.25, 0.3) is 0 Å². The molecule has 0 amide bonds. The van der Waals surface area contributed by atoms with Gasteiger partial charge < -0.3 is 24.8 Å². The van der Waals surface area contributed by atoms with Crippen molar-refractivity contribution in [1.29, 1.82) is 0 Å². The molecular formula is C52H94Cl2F18P2. The molecule has 0 fully saturated rings. The molecule has 0 rings (SSSR count). The molecule has 0 saturated carbocycles. The van der Waals surface area contributed by atoms with Gasteiger partial charge in [-0.15, -0.1) is 26.3 Å². The second-order valence-electron chi connectivity index (χ2n) is 20.3. The van der Waals surface area contributed by atoms with Gasteiger partial charge >= 0.3 is 36.5 Å². The summed E-state index contributed by atoms with van der Waals surface area (Å²) in [7, 11) is -6.53. The van der Waals surface area contributed by atoms with Gasteiger partial charge in [-0.25, -0.2) is 0 Å². The molecule has 0 aliphatic rings. The first kappa shape index (κ1) is 80.7. The van der Waals surface area contributed by atoms with E-state index in [1.807, 2.05) is 0 Å². The Morgan fingerprint density at radius 3 is 0.743 bits per heavy atom. The molecule has 0 aliphatic heterocycles. The zero-order valence-corrected chi connectivity index (χ0v) is 48.3. The fraction of sp³-hybridized carbons (Fsp3) is 1.00. The van der Waals surface area contributed by atoms with Gasteiger partial charge in [0.1, 0.15) is 0 Å². The zero-order chi connectivity index (χ0) is 55.4. The fourth-order valence-corrected chi connectivity index (χ4v) is 16.5. The van der Waals surface area contributed by atoms with E-state index in [1.54, 1.807) is 50.3 Å². The summed E-state index contributed by atoms with van der Waals surface area (Å²) in [6, 6.07) is 0. The van der Waals surface area contributed by atoms with Crippen molar-refractivity contribution in [2.75, 3.05) is 24.6 Å². The Hall–Kier alpha value is 0.180. The van der Waals surface area contributed by atoms with Crippen molar-refractivity contribution >= 4 is 15.2 Å². The van der Waals surface area contributed by atoms with Gasteiger partial charge in [-0.3, -0.25) is 0 Å². The van der Waals surface area contributed by atoms with Crippen molar-refractivity contribution < 1.29 is 104 Å². The highest BCUT2D eigenvalue weighted by Crippen LogP contribution is 2.70. The van der Waals surface area contributed by atoms with Gasteiger partial charge in [-0.05, 0) is 70.6 Å². The Bertz CT molecular complexity index is 1170. The summed E-state index contributed by atoms with van der Waals surface area (Å²) >= 11 is 0. The maximum absolute atomic E-state index is 12.9. The SMILES string of the molecule is CCCCCCCCCCCCCC[P+](CCCCCC)(CCCCCC)CCCCCC.FC(F)(F)C(CCCCCCCCCCCCC(C(F)(F)F)(C(F)(F)F)C(F)(F)F)[PH+](C(F)(F)F)C(F)(F)F.[Cl-].[Cl-]. The summed E-state index contributed by atoms with van der Waals surface area (Å²) in [4.78, 5) is 0. The summed E-state index contributed by atoms with van der Waals surface area (Å²) in [6.07, 6.45) is 12.0. The van der Waals surface area contributed by atoms with E-state index >= 15 is 0 Å². The molecular weight excluding hydrogens is 1100 g/mol. The van der Waals surface area contributed by atoms with Crippen LogP contribution in [0, 0.1) is 5.41 Å². The summed E-state index contributed by atoms with van der Waals surface area (Å²) < 4.78 is 230. The molecule has 0 radical (unpaired) electrons. The van der Waals surface area contributed by atoms with Gasteiger partial charge in [0, 0.05) is 7.26 Å². The van der Waals surface area contributed by atoms with Crippen LogP contribution in [0.15, 0.2) is 0 Å².